The highest BCUT2D eigenvalue weighted by molar-refractivity contribution is 6.05. The molecule has 0 unspecified atom stereocenters. The van der Waals surface area contributed by atoms with E-state index < -0.39 is 5.97 Å². The zero-order valence-corrected chi connectivity index (χ0v) is 14.1. The molecule has 3 aromatic heterocycles. The normalized spacial score (nSPS) is 11.0. The zero-order valence-electron chi connectivity index (χ0n) is 14.1. The van der Waals surface area contributed by atoms with Gasteiger partial charge in [-0.25, -0.2) is 14.8 Å². The van der Waals surface area contributed by atoms with E-state index in [1.807, 2.05) is 25.9 Å². The summed E-state index contributed by atoms with van der Waals surface area (Å²) < 4.78 is 6.88. The Bertz CT molecular complexity index is 870. The number of aromatic nitrogens is 6. The molecule has 0 bridgehead atoms. The van der Waals surface area contributed by atoms with Crippen molar-refractivity contribution in [1.82, 2.24) is 29.9 Å². The Morgan fingerprint density at radius 3 is 2.88 bits per heavy atom. The number of pyridine rings is 1. The van der Waals surface area contributed by atoms with Crippen molar-refractivity contribution < 1.29 is 9.53 Å². The summed E-state index contributed by atoms with van der Waals surface area (Å²) in [6.45, 7) is 4.43. The highest BCUT2D eigenvalue weighted by Crippen LogP contribution is 2.32. The lowest BCUT2D eigenvalue weighted by atomic mass is 10.1. The van der Waals surface area contributed by atoms with Gasteiger partial charge in [-0.3, -0.25) is 9.78 Å². The summed E-state index contributed by atoms with van der Waals surface area (Å²) in [5.74, 6) is 0.286. The van der Waals surface area contributed by atoms with Crippen LogP contribution in [0, 0.1) is 6.92 Å². The lowest BCUT2D eigenvalue weighted by Crippen LogP contribution is -2.22. The summed E-state index contributed by atoms with van der Waals surface area (Å²) >= 11 is 0. The zero-order chi connectivity index (χ0) is 17.3. The second-order valence-electron chi connectivity index (χ2n) is 5.44. The quantitative estimate of drug-likeness (QED) is 0.702. The van der Waals surface area contributed by atoms with Crippen LogP contribution < -0.4 is 4.90 Å². The number of aromatic amines is 1. The van der Waals surface area contributed by atoms with E-state index in [9.17, 15) is 4.79 Å². The third-order valence-electron chi connectivity index (χ3n) is 3.73. The lowest BCUT2D eigenvalue weighted by molar-refractivity contribution is 0.0527. The topological polar surface area (TPSA) is 102 Å². The average Bonchev–Trinajstić information content (AvgIpc) is 3.15. The van der Waals surface area contributed by atoms with Gasteiger partial charge >= 0.3 is 5.97 Å². The van der Waals surface area contributed by atoms with Crippen LogP contribution in [0.2, 0.25) is 0 Å². The monoisotopic (exact) mass is 329 g/mol. The molecule has 0 fully saturated rings. The highest BCUT2D eigenvalue weighted by Gasteiger charge is 2.23. The molecule has 1 N–H and O–H groups in total. The summed E-state index contributed by atoms with van der Waals surface area (Å²) in [4.78, 5) is 22.8. The number of hydrogen-bond acceptors (Lipinski definition) is 7. The van der Waals surface area contributed by atoms with Gasteiger partial charge in [0.15, 0.2) is 5.65 Å². The van der Waals surface area contributed by atoms with Crippen LogP contribution in [0.1, 0.15) is 28.8 Å². The molecule has 0 amide bonds. The minimum atomic E-state index is -0.408. The van der Waals surface area contributed by atoms with E-state index in [4.69, 9.17) is 4.74 Å². The molecule has 0 atom stereocenters. The Labute approximate surface area is 138 Å². The second-order valence-corrected chi connectivity index (χ2v) is 5.44. The van der Waals surface area contributed by atoms with Crippen LogP contribution in [0.5, 0.6) is 0 Å². The van der Waals surface area contributed by atoms with Crippen molar-refractivity contribution in [2.45, 2.75) is 20.4 Å². The fourth-order valence-corrected chi connectivity index (χ4v) is 2.76. The van der Waals surface area contributed by atoms with Crippen LogP contribution in [0.25, 0.3) is 11.0 Å². The van der Waals surface area contributed by atoms with Crippen LogP contribution >= 0.6 is 0 Å². The minimum absolute atomic E-state index is 0.300. The van der Waals surface area contributed by atoms with E-state index >= 15 is 0 Å². The molecule has 0 spiro atoms. The van der Waals surface area contributed by atoms with Gasteiger partial charge in [0.25, 0.3) is 0 Å². The van der Waals surface area contributed by atoms with Gasteiger partial charge in [-0.05, 0) is 13.8 Å². The number of hydrogen-bond donors (Lipinski definition) is 1. The Morgan fingerprint density at radius 2 is 2.21 bits per heavy atom. The third kappa shape index (κ3) is 2.68. The van der Waals surface area contributed by atoms with Crippen molar-refractivity contribution in [3.63, 3.8) is 0 Å². The number of rotatable bonds is 5. The molecule has 24 heavy (non-hydrogen) atoms. The van der Waals surface area contributed by atoms with Crippen molar-refractivity contribution in [3.8, 4) is 0 Å². The fourth-order valence-electron chi connectivity index (χ4n) is 2.76. The van der Waals surface area contributed by atoms with Crippen LogP contribution in [-0.2, 0) is 18.3 Å². The van der Waals surface area contributed by atoms with E-state index in [0.717, 1.165) is 16.8 Å². The number of fused-ring (bicyclic) bond motifs is 1. The Balaban J connectivity index is 2.16. The van der Waals surface area contributed by atoms with Crippen LogP contribution in [-0.4, -0.2) is 49.6 Å². The van der Waals surface area contributed by atoms with Crippen LogP contribution in [0.15, 0.2) is 12.5 Å². The second kappa shape index (κ2) is 6.26. The maximum absolute atomic E-state index is 12.4. The molecular weight excluding hydrogens is 310 g/mol. The molecular formula is C15H19N7O2. The minimum Gasteiger partial charge on any atom is -0.462 e. The first-order chi connectivity index (χ1) is 11.5. The van der Waals surface area contributed by atoms with Crippen LogP contribution in [0.4, 0.5) is 5.69 Å². The molecule has 9 nitrogen and oxygen atoms in total. The molecule has 0 aliphatic heterocycles. The Hall–Kier alpha value is -2.97. The van der Waals surface area contributed by atoms with Gasteiger partial charge in [0.05, 0.1) is 29.9 Å². The molecule has 0 radical (unpaired) electrons. The molecule has 0 aliphatic rings. The molecule has 3 heterocycles. The predicted octanol–water partition coefficient (Wildman–Crippen LogP) is 1.21. The molecule has 126 valence electrons. The first-order valence-corrected chi connectivity index (χ1v) is 7.57. The number of carbonyl (C=O) groups excluding carboxylic acids is 1. The van der Waals surface area contributed by atoms with Gasteiger partial charge in [0.1, 0.15) is 17.7 Å². The number of H-pyrrole nitrogens is 1. The Morgan fingerprint density at radius 1 is 1.42 bits per heavy atom. The maximum Gasteiger partial charge on any atom is 0.341 e. The van der Waals surface area contributed by atoms with E-state index in [0.29, 0.717) is 30.2 Å². The number of esters is 1. The molecule has 3 aromatic rings. The van der Waals surface area contributed by atoms with E-state index in [2.05, 4.69) is 25.3 Å². The SMILES string of the molecule is CCOC(=O)c1cnc2c(c(C)nn2C)c1N(C)Cc1ncn[nH]1. The Kier molecular flexibility index (Phi) is 4.15. The van der Waals surface area contributed by atoms with Crippen molar-refractivity contribution in [2.75, 3.05) is 18.6 Å². The van der Waals surface area contributed by atoms with Crippen molar-refractivity contribution >= 4 is 22.7 Å². The summed E-state index contributed by atoms with van der Waals surface area (Å²) in [7, 11) is 3.71. The van der Waals surface area contributed by atoms with Gasteiger partial charge in [-0.1, -0.05) is 0 Å². The number of nitrogens with zero attached hydrogens (tertiary/aromatic N) is 6. The van der Waals surface area contributed by atoms with Gasteiger partial charge in [-0.2, -0.15) is 10.2 Å². The number of carbonyl (C=O) groups is 1. The number of ether oxygens (including phenoxy) is 1. The van der Waals surface area contributed by atoms with Gasteiger partial charge in [-0.15, -0.1) is 0 Å². The predicted molar refractivity (Wildman–Crippen MR) is 87.7 cm³/mol. The number of nitrogens with one attached hydrogen (secondary N) is 1. The summed E-state index contributed by atoms with van der Waals surface area (Å²) in [5, 5.41) is 11.9. The average molecular weight is 329 g/mol. The molecule has 9 heteroatoms. The number of aryl methyl sites for hydroxylation is 2. The van der Waals surface area contributed by atoms with Gasteiger partial charge in [0.2, 0.25) is 0 Å². The molecule has 0 aromatic carbocycles. The lowest BCUT2D eigenvalue weighted by Gasteiger charge is -2.21. The first kappa shape index (κ1) is 15.9. The smallest absolute Gasteiger partial charge is 0.341 e. The summed E-state index contributed by atoms with van der Waals surface area (Å²) in [5.41, 5.74) is 2.63. The maximum atomic E-state index is 12.4. The molecule has 0 saturated carbocycles. The van der Waals surface area contributed by atoms with Crippen LogP contribution in [0.3, 0.4) is 0 Å². The van der Waals surface area contributed by atoms with E-state index in [-0.39, 0.29) is 0 Å². The van der Waals surface area contributed by atoms with E-state index in [1.165, 1.54) is 12.5 Å². The van der Waals surface area contributed by atoms with E-state index in [1.54, 1.807) is 11.6 Å². The first-order valence-electron chi connectivity index (χ1n) is 7.57. The molecule has 0 aliphatic carbocycles. The fraction of sp³-hybridized carbons (Fsp3) is 0.400. The summed E-state index contributed by atoms with van der Waals surface area (Å²) in [6.07, 6.45) is 2.99. The van der Waals surface area contributed by atoms with Crippen molar-refractivity contribution in [1.29, 1.82) is 0 Å². The van der Waals surface area contributed by atoms with Gasteiger partial charge < -0.3 is 9.64 Å². The standard InChI is InChI=1S/C15H19N7O2/c1-5-24-15(23)10-6-16-14-12(9(2)20-22(14)4)13(10)21(3)7-11-17-8-18-19-11/h6,8H,5,7H2,1-4H3,(H,17,18,19). The van der Waals surface area contributed by atoms with Crippen molar-refractivity contribution in [3.05, 3.63) is 29.6 Å². The third-order valence-corrected chi connectivity index (χ3v) is 3.73. The molecule has 0 saturated heterocycles. The van der Waals surface area contributed by atoms with Crippen molar-refractivity contribution in [2.24, 2.45) is 7.05 Å². The van der Waals surface area contributed by atoms with Gasteiger partial charge in [0, 0.05) is 20.3 Å². The number of anilines is 1. The summed E-state index contributed by atoms with van der Waals surface area (Å²) in [6, 6.07) is 0. The molecule has 3 rings (SSSR count). The largest absolute Gasteiger partial charge is 0.462 e. The highest BCUT2D eigenvalue weighted by atomic mass is 16.5.